The molecule has 0 saturated heterocycles. The summed E-state index contributed by atoms with van der Waals surface area (Å²) in [4.78, 5) is 23.3. The molecule has 3 rings (SSSR count). The molecule has 0 aliphatic carbocycles. The van der Waals surface area contributed by atoms with Gasteiger partial charge in [-0.3, -0.25) is 0 Å². The summed E-state index contributed by atoms with van der Waals surface area (Å²) >= 11 is 5.88. The number of aromatic nitrogens is 4. The maximum absolute atomic E-state index is 12.8. The van der Waals surface area contributed by atoms with Crippen molar-refractivity contribution in [2.45, 2.75) is 11.8 Å². The van der Waals surface area contributed by atoms with E-state index in [0.29, 0.717) is 4.76 Å². The SMILES string of the molecule is CC[N+](=O)c1cccc(S(=O)(=O)n2cnc3c(Cl)ncnc32)c1. The first kappa shape index (κ1) is 15.5. The van der Waals surface area contributed by atoms with Crippen molar-refractivity contribution in [3.05, 3.63) is 47.0 Å². The van der Waals surface area contributed by atoms with Crippen molar-refractivity contribution in [1.82, 2.24) is 18.9 Å². The fourth-order valence-corrected chi connectivity index (χ4v) is 3.51. The number of fused-ring (bicyclic) bond motifs is 1. The van der Waals surface area contributed by atoms with Gasteiger partial charge in [-0.2, -0.15) is 0 Å². The molecule has 0 radical (unpaired) electrons. The molecular weight excluding hydrogens is 342 g/mol. The van der Waals surface area contributed by atoms with Crippen LogP contribution in [0.2, 0.25) is 5.15 Å². The molecule has 0 N–H and O–H groups in total. The minimum atomic E-state index is -3.96. The second kappa shape index (κ2) is 5.67. The Balaban J connectivity index is 2.18. The van der Waals surface area contributed by atoms with Gasteiger partial charge in [0, 0.05) is 21.8 Å². The van der Waals surface area contributed by atoms with Gasteiger partial charge in [0.2, 0.25) is 0 Å². The van der Waals surface area contributed by atoms with E-state index in [1.807, 2.05) is 0 Å². The fourth-order valence-electron chi connectivity index (χ4n) is 2.06. The number of benzene rings is 1. The van der Waals surface area contributed by atoms with Crippen molar-refractivity contribution < 1.29 is 13.2 Å². The smallest absolute Gasteiger partial charge is 0.231 e. The maximum Gasteiger partial charge on any atom is 0.270 e. The molecule has 0 amide bonds. The highest BCUT2D eigenvalue weighted by molar-refractivity contribution is 7.90. The van der Waals surface area contributed by atoms with Gasteiger partial charge in [-0.1, -0.05) is 17.7 Å². The van der Waals surface area contributed by atoms with Crippen LogP contribution in [0, 0.1) is 4.91 Å². The lowest BCUT2D eigenvalue weighted by Gasteiger charge is -2.05. The van der Waals surface area contributed by atoms with E-state index >= 15 is 0 Å². The summed E-state index contributed by atoms with van der Waals surface area (Å²) in [6.45, 7) is 1.89. The quantitative estimate of drug-likeness (QED) is 0.527. The third kappa shape index (κ3) is 2.57. The van der Waals surface area contributed by atoms with Crippen LogP contribution in [-0.2, 0) is 10.0 Å². The van der Waals surface area contributed by atoms with E-state index in [0.717, 1.165) is 16.6 Å². The molecule has 0 atom stereocenters. The third-order valence-electron chi connectivity index (χ3n) is 3.21. The zero-order valence-electron chi connectivity index (χ0n) is 11.9. The Bertz CT molecular complexity index is 1020. The predicted octanol–water partition coefficient (Wildman–Crippen LogP) is 2.15. The van der Waals surface area contributed by atoms with Crippen LogP contribution in [0.4, 0.5) is 5.69 Å². The molecule has 8 nitrogen and oxygen atoms in total. The first-order valence-electron chi connectivity index (χ1n) is 6.59. The molecule has 0 spiro atoms. The van der Waals surface area contributed by atoms with Crippen molar-refractivity contribution in [3.8, 4) is 0 Å². The number of hydrogen-bond acceptors (Lipinski definition) is 6. The molecular formula is C13H11ClN5O3S+. The largest absolute Gasteiger partial charge is 0.270 e. The van der Waals surface area contributed by atoms with Crippen LogP contribution in [0.5, 0.6) is 0 Å². The second-order valence-corrected chi connectivity index (χ2v) is 6.75. The van der Waals surface area contributed by atoms with E-state index in [9.17, 15) is 13.3 Å². The Labute approximate surface area is 136 Å². The van der Waals surface area contributed by atoms with E-state index in [1.165, 1.54) is 18.2 Å². The minimum absolute atomic E-state index is 0.0432. The lowest BCUT2D eigenvalue weighted by atomic mass is 10.3. The minimum Gasteiger partial charge on any atom is -0.231 e. The summed E-state index contributed by atoms with van der Waals surface area (Å²) in [5, 5.41) is 0.0643. The number of hydrogen-bond donors (Lipinski definition) is 0. The predicted molar refractivity (Wildman–Crippen MR) is 83.2 cm³/mol. The average molecular weight is 353 g/mol. The number of nitrogens with zero attached hydrogens (tertiary/aromatic N) is 5. The van der Waals surface area contributed by atoms with Crippen LogP contribution in [0.3, 0.4) is 0 Å². The van der Waals surface area contributed by atoms with E-state index in [4.69, 9.17) is 11.6 Å². The van der Waals surface area contributed by atoms with E-state index < -0.39 is 10.0 Å². The zero-order valence-corrected chi connectivity index (χ0v) is 13.5. The van der Waals surface area contributed by atoms with Gasteiger partial charge in [-0.25, -0.2) is 27.3 Å². The lowest BCUT2D eigenvalue weighted by Crippen LogP contribution is -2.13. The molecule has 10 heteroatoms. The van der Waals surface area contributed by atoms with E-state index in [2.05, 4.69) is 15.0 Å². The Kier molecular flexibility index (Phi) is 3.82. The summed E-state index contributed by atoms with van der Waals surface area (Å²) < 4.78 is 27.2. The number of imidazole rings is 1. The molecule has 0 fully saturated rings. The highest BCUT2D eigenvalue weighted by Gasteiger charge is 2.24. The molecule has 0 unspecified atom stereocenters. The molecule has 0 aliphatic rings. The van der Waals surface area contributed by atoms with Crippen molar-refractivity contribution in [3.63, 3.8) is 0 Å². The van der Waals surface area contributed by atoms with Crippen LogP contribution >= 0.6 is 11.6 Å². The second-order valence-electron chi connectivity index (χ2n) is 4.57. The van der Waals surface area contributed by atoms with Gasteiger partial charge in [0.25, 0.3) is 15.7 Å². The number of halogens is 1. The Morgan fingerprint density at radius 1 is 1.26 bits per heavy atom. The van der Waals surface area contributed by atoms with Crippen LogP contribution < -0.4 is 0 Å². The van der Waals surface area contributed by atoms with Crippen LogP contribution in [-0.4, -0.2) is 38.6 Å². The summed E-state index contributed by atoms with van der Waals surface area (Å²) in [7, 11) is -3.96. The van der Waals surface area contributed by atoms with Gasteiger partial charge >= 0.3 is 0 Å². The molecule has 0 bridgehead atoms. The van der Waals surface area contributed by atoms with Crippen molar-refractivity contribution in [2.75, 3.05) is 6.54 Å². The maximum atomic E-state index is 12.8. The van der Waals surface area contributed by atoms with Gasteiger partial charge in [0.1, 0.15) is 18.2 Å². The Morgan fingerprint density at radius 2 is 2.04 bits per heavy atom. The highest BCUT2D eigenvalue weighted by Crippen LogP contribution is 2.24. The zero-order chi connectivity index (χ0) is 16.6. The third-order valence-corrected chi connectivity index (χ3v) is 5.12. The van der Waals surface area contributed by atoms with Crippen molar-refractivity contribution >= 4 is 38.5 Å². The topological polar surface area (TPSA) is 97.8 Å². The summed E-state index contributed by atoms with van der Waals surface area (Å²) in [6.07, 6.45) is 2.27. The number of nitroso groups, excluding NO2 is 1. The van der Waals surface area contributed by atoms with Crippen LogP contribution in [0.1, 0.15) is 6.92 Å². The molecule has 0 saturated carbocycles. The van der Waals surface area contributed by atoms with Gasteiger partial charge < -0.3 is 0 Å². The summed E-state index contributed by atoms with van der Waals surface area (Å²) in [5.41, 5.74) is 0.517. The first-order chi connectivity index (χ1) is 10.9. The van der Waals surface area contributed by atoms with Crippen LogP contribution in [0.15, 0.2) is 41.8 Å². The van der Waals surface area contributed by atoms with Gasteiger partial charge in [0.15, 0.2) is 17.3 Å². The van der Waals surface area contributed by atoms with Gasteiger partial charge in [-0.05, 0) is 13.0 Å². The van der Waals surface area contributed by atoms with E-state index in [-0.39, 0.29) is 33.4 Å². The summed E-state index contributed by atoms with van der Waals surface area (Å²) in [5.74, 6) is 0. The average Bonchev–Trinajstić information content (AvgIpc) is 3.00. The molecule has 0 aliphatic heterocycles. The first-order valence-corrected chi connectivity index (χ1v) is 8.41. The highest BCUT2D eigenvalue weighted by atomic mass is 35.5. The van der Waals surface area contributed by atoms with Crippen molar-refractivity contribution in [1.29, 1.82) is 0 Å². The monoisotopic (exact) mass is 352 g/mol. The Morgan fingerprint density at radius 3 is 2.78 bits per heavy atom. The number of rotatable bonds is 4. The molecule has 118 valence electrons. The molecule has 23 heavy (non-hydrogen) atoms. The van der Waals surface area contributed by atoms with Gasteiger partial charge in [0.05, 0.1) is 4.90 Å². The van der Waals surface area contributed by atoms with Gasteiger partial charge in [-0.15, -0.1) is 0 Å². The van der Waals surface area contributed by atoms with Crippen molar-refractivity contribution in [2.24, 2.45) is 0 Å². The lowest BCUT2D eigenvalue weighted by molar-refractivity contribution is -0.458. The molecule has 1 aromatic carbocycles. The fraction of sp³-hybridized carbons (Fsp3) is 0.154. The molecule has 2 heterocycles. The van der Waals surface area contributed by atoms with Crippen LogP contribution in [0.25, 0.3) is 11.2 Å². The normalized spacial score (nSPS) is 11.7. The molecule has 2 aromatic heterocycles. The van der Waals surface area contributed by atoms with E-state index in [1.54, 1.807) is 13.0 Å². The standard InChI is InChI=1S/C13H11ClN5O3S/c1-2-18(20)9-4-3-5-10(6-9)23(21,22)19-8-17-11-12(14)15-7-16-13(11)19/h3-8H,2H2,1H3/q+1. The Hall–Kier alpha value is -2.39. The molecule has 3 aromatic rings. The summed E-state index contributed by atoms with van der Waals surface area (Å²) in [6, 6.07) is 5.75.